The fourth-order valence-electron chi connectivity index (χ4n) is 2.19. The smallest absolute Gasteiger partial charge is 0.221 e. The van der Waals surface area contributed by atoms with Gasteiger partial charge in [-0.05, 0) is 36.4 Å². The van der Waals surface area contributed by atoms with Crippen LogP contribution in [0.2, 0.25) is 0 Å². The van der Waals surface area contributed by atoms with Crippen molar-refractivity contribution >= 4 is 27.3 Å². The summed E-state index contributed by atoms with van der Waals surface area (Å²) in [6.07, 6.45) is -0.121. The number of benzene rings is 2. The van der Waals surface area contributed by atoms with Crippen LogP contribution in [0.15, 0.2) is 59.5 Å². The van der Waals surface area contributed by atoms with Crippen LogP contribution in [0.25, 0.3) is 0 Å². The van der Waals surface area contributed by atoms with E-state index in [-0.39, 0.29) is 35.4 Å². The van der Waals surface area contributed by atoms with Gasteiger partial charge in [0.2, 0.25) is 11.8 Å². The van der Waals surface area contributed by atoms with E-state index >= 15 is 0 Å². The standard InChI is InChI=1S/C20H20N2O4S/c1-16(23)22-18-11-9-17(10-12-18)6-5-14-21-20(24)13-15-27(25,26)19-7-3-2-4-8-19/h2-4,7-12H,13-15H2,1H3,(H,21,24)(H,22,23). The molecule has 140 valence electrons. The fraction of sp³-hybridized carbons (Fsp3) is 0.200. The van der Waals surface area contributed by atoms with Gasteiger partial charge in [0.1, 0.15) is 0 Å². The van der Waals surface area contributed by atoms with E-state index in [1.165, 1.54) is 19.1 Å². The largest absolute Gasteiger partial charge is 0.345 e. The van der Waals surface area contributed by atoms with Gasteiger partial charge in [0.25, 0.3) is 0 Å². The summed E-state index contributed by atoms with van der Waals surface area (Å²) in [6, 6.07) is 15.0. The first-order chi connectivity index (χ1) is 12.9. The molecule has 0 aromatic heterocycles. The quantitative estimate of drug-likeness (QED) is 0.745. The Balaban J connectivity index is 1.78. The summed E-state index contributed by atoms with van der Waals surface area (Å²) in [6.45, 7) is 1.55. The highest BCUT2D eigenvalue weighted by molar-refractivity contribution is 7.91. The SMILES string of the molecule is CC(=O)Nc1ccc(C#CCNC(=O)CCS(=O)(=O)c2ccccc2)cc1. The Labute approximate surface area is 158 Å². The molecule has 0 unspecified atom stereocenters. The molecule has 0 saturated heterocycles. The number of carbonyl (C=O) groups excluding carboxylic acids is 2. The Bertz CT molecular complexity index is 957. The number of sulfone groups is 1. The molecule has 0 radical (unpaired) electrons. The van der Waals surface area contributed by atoms with Gasteiger partial charge < -0.3 is 10.6 Å². The van der Waals surface area contributed by atoms with Crippen molar-refractivity contribution in [1.82, 2.24) is 5.32 Å². The van der Waals surface area contributed by atoms with Crippen molar-refractivity contribution in [2.45, 2.75) is 18.2 Å². The number of nitrogens with one attached hydrogen (secondary N) is 2. The Morgan fingerprint density at radius 3 is 2.30 bits per heavy atom. The van der Waals surface area contributed by atoms with E-state index in [1.54, 1.807) is 42.5 Å². The molecule has 0 aliphatic rings. The van der Waals surface area contributed by atoms with Crippen molar-refractivity contribution in [3.05, 3.63) is 60.2 Å². The first kappa shape index (κ1) is 20.2. The van der Waals surface area contributed by atoms with Gasteiger partial charge in [-0.3, -0.25) is 9.59 Å². The van der Waals surface area contributed by atoms with Crippen LogP contribution in [0.5, 0.6) is 0 Å². The summed E-state index contributed by atoms with van der Waals surface area (Å²) < 4.78 is 24.2. The lowest BCUT2D eigenvalue weighted by Crippen LogP contribution is -2.25. The monoisotopic (exact) mass is 384 g/mol. The zero-order chi connectivity index (χ0) is 19.7. The van der Waals surface area contributed by atoms with E-state index in [2.05, 4.69) is 22.5 Å². The van der Waals surface area contributed by atoms with E-state index in [1.807, 2.05) is 0 Å². The molecule has 6 nitrogen and oxygen atoms in total. The molecule has 2 aromatic carbocycles. The van der Waals surface area contributed by atoms with Crippen LogP contribution in [-0.2, 0) is 19.4 Å². The second-order valence-corrected chi connectivity index (χ2v) is 7.83. The Hall–Kier alpha value is -3.11. The maximum Gasteiger partial charge on any atom is 0.221 e. The lowest BCUT2D eigenvalue weighted by atomic mass is 10.2. The van der Waals surface area contributed by atoms with Gasteiger partial charge in [-0.2, -0.15) is 0 Å². The van der Waals surface area contributed by atoms with Crippen LogP contribution >= 0.6 is 0 Å². The van der Waals surface area contributed by atoms with Crippen LogP contribution in [0.3, 0.4) is 0 Å². The first-order valence-corrected chi connectivity index (χ1v) is 9.93. The van der Waals surface area contributed by atoms with E-state index < -0.39 is 9.84 Å². The molecule has 0 spiro atoms. The van der Waals surface area contributed by atoms with Crippen molar-refractivity contribution in [2.75, 3.05) is 17.6 Å². The number of hydrogen-bond donors (Lipinski definition) is 2. The van der Waals surface area contributed by atoms with Crippen molar-refractivity contribution < 1.29 is 18.0 Å². The Morgan fingerprint density at radius 2 is 1.67 bits per heavy atom. The third-order valence-electron chi connectivity index (χ3n) is 3.51. The van der Waals surface area contributed by atoms with E-state index in [4.69, 9.17) is 0 Å². The van der Waals surface area contributed by atoms with Crippen molar-refractivity contribution in [3.8, 4) is 11.8 Å². The van der Waals surface area contributed by atoms with Gasteiger partial charge in [0.05, 0.1) is 17.2 Å². The highest BCUT2D eigenvalue weighted by Gasteiger charge is 2.15. The van der Waals surface area contributed by atoms with E-state index in [0.29, 0.717) is 5.69 Å². The van der Waals surface area contributed by atoms with Crippen LogP contribution in [0.1, 0.15) is 18.9 Å². The summed E-state index contributed by atoms with van der Waals surface area (Å²) in [5, 5.41) is 5.24. The summed E-state index contributed by atoms with van der Waals surface area (Å²) in [5.41, 5.74) is 1.42. The number of anilines is 1. The first-order valence-electron chi connectivity index (χ1n) is 8.28. The van der Waals surface area contributed by atoms with Crippen LogP contribution in [0, 0.1) is 11.8 Å². The lowest BCUT2D eigenvalue weighted by Gasteiger charge is -2.04. The summed E-state index contributed by atoms with van der Waals surface area (Å²) >= 11 is 0. The van der Waals surface area contributed by atoms with Gasteiger partial charge in [-0.15, -0.1) is 0 Å². The molecule has 7 heteroatoms. The number of carbonyl (C=O) groups is 2. The average Bonchev–Trinajstić information content (AvgIpc) is 2.65. The minimum absolute atomic E-state index is 0.121. The summed E-state index contributed by atoms with van der Waals surface area (Å²) in [5.74, 6) is 4.92. The average molecular weight is 384 g/mol. The number of hydrogen-bond acceptors (Lipinski definition) is 4. The van der Waals surface area contributed by atoms with Gasteiger partial charge >= 0.3 is 0 Å². The third-order valence-corrected chi connectivity index (χ3v) is 5.24. The van der Waals surface area contributed by atoms with Crippen LogP contribution in [-0.4, -0.2) is 32.5 Å². The predicted molar refractivity (Wildman–Crippen MR) is 104 cm³/mol. The number of amides is 2. The normalized spacial score (nSPS) is 10.4. The van der Waals surface area contributed by atoms with Crippen molar-refractivity contribution in [2.24, 2.45) is 0 Å². The Kier molecular flexibility index (Phi) is 7.15. The zero-order valence-electron chi connectivity index (χ0n) is 14.9. The molecule has 0 heterocycles. The molecule has 27 heavy (non-hydrogen) atoms. The minimum atomic E-state index is -3.47. The molecule has 0 fully saturated rings. The highest BCUT2D eigenvalue weighted by atomic mass is 32.2. The van der Waals surface area contributed by atoms with Gasteiger partial charge in [-0.1, -0.05) is 30.0 Å². The zero-order valence-corrected chi connectivity index (χ0v) is 15.7. The molecule has 0 bridgehead atoms. The second kappa shape index (κ2) is 9.55. The molecular weight excluding hydrogens is 364 g/mol. The van der Waals surface area contributed by atoms with Crippen molar-refractivity contribution in [3.63, 3.8) is 0 Å². The highest BCUT2D eigenvalue weighted by Crippen LogP contribution is 2.11. The van der Waals surface area contributed by atoms with E-state index in [0.717, 1.165) is 5.56 Å². The molecule has 0 atom stereocenters. The fourth-order valence-corrected chi connectivity index (χ4v) is 3.45. The van der Waals surface area contributed by atoms with E-state index in [9.17, 15) is 18.0 Å². The third kappa shape index (κ3) is 6.96. The molecule has 2 rings (SSSR count). The maximum atomic E-state index is 12.1. The molecule has 2 amide bonds. The maximum absolute atomic E-state index is 12.1. The lowest BCUT2D eigenvalue weighted by molar-refractivity contribution is -0.120. The molecule has 0 saturated carbocycles. The summed E-state index contributed by atoms with van der Waals surface area (Å²) in [7, 11) is -3.47. The predicted octanol–water partition coefficient (Wildman–Crippen LogP) is 1.98. The Morgan fingerprint density at radius 1 is 1.00 bits per heavy atom. The molecule has 2 aromatic rings. The second-order valence-electron chi connectivity index (χ2n) is 5.72. The van der Waals surface area contributed by atoms with Crippen molar-refractivity contribution in [1.29, 1.82) is 0 Å². The molecule has 0 aliphatic heterocycles. The molecule has 2 N–H and O–H groups in total. The van der Waals surface area contributed by atoms with Gasteiger partial charge in [0, 0.05) is 24.6 Å². The minimum Gasteiger partial charge on any atom is -0.345 e. The molecule has 0 aliphatic carbocycles. The van der Waals surface area contributed by atoms with Gasteiger partial charge in [-0.25, -0.2) is 8.42 Å². The molecular formula is C20H20N2O4S. The number of rotatable bonds is 6. The van der Waals surface area contributed by atoms with Crippen LogP contribution < -0.4 is 10.6 Å². The van der Waals surface area contributed by atoms with Gasteiger partial charge in [0.15, 0.2) is 9.84 Å². The van der Waals surface area contributed by atoms with Crippen LogP contribution in [0.4, 0.5) is 5.69 Å². The topological polar surface area (TPSA) is 92.3 Å². The summed E-state index contributed by atoms with van der Waals surface area (Å²) in [4.78, 5) is 23.0.